The van der Waals surface area contributed by atoms with Gasteiger partial charge in [-0.05, 0) is 65.9 Å². The van der Waals surface area contributed by atoms with E-state index in [9.17, 15) is 48.3 Å². The number of hydrogen-bond donors (Lipinski definition) is 0. The number of benzene rings is 4. The van der Waals surface area contributed by atoms with Gasteiger partial charge in [0, 0.05) is 12.1 Å². The Labute approximate surface area is 219 Å². The zero-order chi connectivity index (χ0) is 29.7. The van der Waals surface area contributed by atoms with Gasteiger partial charge in [-0.3, -0.25) is 0 Å². The van der Waals surface area contributed by atoms with E-state index in [1.807, 2.05) is 6.92 Å². The molecule has 12 heteroatoms. The fourth-order valence-corrected chi connectivity index (χ4v) is 4.01. The predicted molar refractivity (Wildman–Crippen MR) is 123 cm³/mol. The van der Waals surface area contributed by atoms with Crippen LogP contribution in [0.15, 0.2) is 54.6 Å². The Morgan fingerprint density at radius 3 is 1.45 bits per heavy atom. The Kier molecular flexibility index (Phi) is 7.33. The molecule has 0 spiro atoms. The van der Waals surface area contributed by atoms with Crippen LogP contribution in [0.25, 0.3) is 22.3 Å². The minimum atomic E-state index is -5.51. The molecule has 0 radical (unpaired) electrons. The molecule has 0 aromatic heterocycles. The SMILES string of the molecule is Cc1ccc(-c2cc(F)c(-c3cc(F)c(C(F)(F)Oc4cc(F)c(C(F)(F)F)c(F)c4)c(F)c3)c(F)c2)cc1C. The summed E-state index contributed by atoms with van der Waals surface area (Å²) in [5.41, 5.74) is -3.98. The van der Waals surface area contributed by atoms with Crippen LogP contribution in [0.1, 0.15) is 22.3 Å². The molecule has 0 fully saturated rings. The molecule has 0 amide bonds. The second-order valence-electron chi connectivity index (χ2n) is 8.81. The predicted octanol–water partition coefficient (Wildman–Crippen LogP) is 9.62. The largest absolute Gasteiger partial charge is 0.432 e. The fraction of sp³-hybridized carbons (Fsp3) is 0.143. The molecular weight excluding hydrogens is 561 g/mol. The molecule has 0 saturated carbocycles. The van der Waals surface area contributed by atoms with E-state index in [1.54, 1.807) is 25.1 Å². The van der Waals surface area contributed by atoms with E-state index in [-0.39, 0.29) is 29.8 Å². The summed E-state index contributed by atoms with van der Waals surface area (Å²) in [6.07, 6.45) is -10.5. The van der Waals surface area contributed by atoms with Crippen LogP contribution < -0.4 is 4.74 Å². The molecule has 0 aliphatic carbocycles. The fourth-order valence-electron chi connectivity index (χ4n) is 4.01. The Morgan fingerprint density at radius 2 is 0.975 bits per heavy atom. The Hall–Kier alpha value is -4.09. The summed E-state index contributed by atoms with van der Waals surface area (Å²) in [5, 5.41) is 0. The quantitative estimate of drug-likeness (QED) is 0.215. The van der Waals surface area contributed by atoms with Crippen LogP contribution >= 0.6 is 0 Å². The van der Waals surface area contributed by atoms with Gasteiger partial charge in [0.05, 0.1) is 5.56 Å². The minimum absolute atomic E-state index is 0.0929. The van der Waals surface area contributed by atoms with Gasteiger partial charge in [-0.1, -0.05) is 18.2 Å². The topological polar surface area (TPSA) is 9.23 Å². The van der Waals surface area contributed by atoms with E-state index in [1.165, 1.54) is 0 Å². The molecule has 4 rings (SSSR count). The van der Waals surface area contributed by atoms with E-state index in [0.717, 1.165) is 23.3 Å². The van der Waals surface area contributed by atoms with Crippen molar-refractivity contribution in [1.29, 1.82) is 0 Å². The van der Waals surface area contributed by atoms with E-state index in [0.29, 0.717) is 5.56 Å². The molecule has 4 aromatic rings. The van der Waals surface area contributed by atoms with Crippen molar-refractivity contribution < 1.29 is 53.0 Å². The highest BCUT2D eigenvalue weighted by molar-refractivity contribution is 5.72. The Morgan fingerprint density at radius 1 is 0.500 bits per heavy atom. The maximum absolute atomic E-state index is 14.9. The number of rotatable bonds is 5. The molecule has 0 aliphatic heterocycles. The first-order valence-corrected chi connectivity index (χ1v) is 11.2. The Bertz CT molecular complexity index is 1550. The first-order chi connectivity index (χ1) is 18.5. The van der Waals surface area contributed by atoms with Crippen LogP contribution in [0.3, 0.4) is 0 Å². The third kappa shape index (κ3) is 5.47. The maximum Gasteiger partial charge on any atom is 0.432 e. The highest BCUT2D eigenvalue weighted by atomic mass is 19.4. The summed E-state index contributed by atoms with van der Waals surface area (Å²) in [7, 11) is 0. The molecule has 0 saturated heterocycles. The molecule has 210 valence electrons. The van der Waals surface area contributed by atoms with Crippen LogP contribution in [-0.4, -0.2) is 0 Å². The monoisotopic (exact) mass is 576 g/mol. The van der Waals surface area contributed by atoms with Gasteiger partial charge < -0.3 is 4.74 Å². The first kappa shape index (κ1) is 28.9. The van der Waals surface area contributed by atoms with E-state index in [4.69, 9.17) is 0 Å². The molecule has 0 unspecified atom stereocenters. The highest BCUT2D eigenvalue weighted by Crippen LogP contribution is 2.41. The van der Waals surface area contributed by atoms with Gasteiger partial charge in [0.2, 0.25) is 0 Å². The average Bonchev–Trinajstić information content (AvgIpc) is 2.78. The first-order valence-electron chi connectivity index (χ1n) is 11.2. The van der Waals surface area contributed by atoms with Crippen molar-refractivity contribution in [2.45, 2.75) is 26.1 Å². The molecule has 40 heavy (non-hydrogen) atoms. The van der Waals surface area contributed by atoms with Gasteiger partial charge in [0.25, 0.3) is 0 Å². The molecule has 0 bridgehead atoms. The summed E-state index contributed by atoms with van der Waals surface area (Å²) < 4.78 is 158. The molecule has 0 atom stereocenters. The summed E-state index contributed by atoms with van der Waals surface area (Å²) in [4.78, 5) is 0. The van der Waals surface area contributed by atoms with Gasteiger partial charge in [0.15, 0.2) is 0 Å². The Balaban J connectivity index is 1.71. The third-order valence-electron chi connectivity index (χ3n) is 6.05. The van der Waals surface area contributed by atoms with Gasteiger partial charge >= 0.3 is 12.3 Å². The molecular formula is C28H15F11O. The second kappa shape index (κ2) is 10.1. The van der Waals surface area contributed by atoms with Crippen molar-refractivity contribution in [3.63, 3.8) is 0 Å². The second-order valence-corrected chi connectivity index (χ2v) is 8.81. The van der Waals surface area contributed by atoms with Crippen molar-refractivity contribution in [2.75, 3.05) is 0 Å². The number of hydrogen-bond acceptors (Lipinski definition) is 1. The minimum Gasteiger partial charge on any atom is -0.429 e. The van der Waals surface area contributed by atoms with Crippen molar-refractivity contribution >= 4 is 0 Å². The standard InChI is InChI=1S/C28H15F11O/c1-12-3-4-14(5-13(12)2)15-6-18(29)24(19(30)7-15)16-8-20(31)26(21(32)9-16)28(38,39)40-17-10-22(33)25(23(34)11-17)27(35,36)37/h3-11H,1-2H3. The zero-order valence-corrected chi connectivity index (χ0v) is 20.3. The van der Waals surface area contributed by atoms with Crippen LogP contribution in [-0.2, 0) is 12.3 Å². The highest BCUT2D eigenvalue weighted by Gasteiger charge is 2.43. The van der Waals surface area contributed by atoms with Crippen molar-refractivity contribution in [3.05, 3.63) is 112 Å². The average molecular weight is 576 g/mol. The lowest BCUT2D eigenvalue weighted by Crippen LogP contribution is -2.25. The summed E-state index contributed by atoms with van der Waals surface area (Å²) in [5.74, 6) is -12.8. The number of aryl methyl sites for hydroxylation is 2. The van der Waals surface area contributed by atoms with Gasteiger partial charge in [-0.25, -0.2) is 26.3 Å². The molecule has 0 aliphatic rings. The van der Waals surface area contributed by atoms with Crippen LogP contribution in [0, 0.1) is 48.8 Å². The van der Waals surface area contributed by atoms with Gasteiger partial charge in [0.1, 0.15) is 51.8 Å². The van der Waals surface area contributed by atoms with Crippen molar-refractivity contribution in [3.8, 4) is 28.0 Å². The van der Waals surface area contributed by atoms with E-state index >= 15 is 0 Å². The van der Waals surface area contributed by atoms with Crippen molar-refractivity contribution in [2.24, 2.45) is 0 Å². The van der Waals surface area contributed by atoms with E-state index < -0.39 is 75.2 Å². The summed E-state index contributed by atoms with van der Waals surface area (Å²) >= 11 is 0. The number of halogens is 11. The van der Waals surface area contributed by atoms with Crippen LogP contribution in [0.2, 0.25) is 0 Å². The number of alkyl halides is 5. The van der Waals surface area contributed by atoms with Crippen molar-refractivity contribution in [1.82, 2.24) is 0 Å². The van der Waals surface area contributed by atoms with Crippen LogP contribution in [0.5, 0.6) is 5.75 Å². The van der Waals surface area contributed by atoms with Gasteiger partial charge in [-0.2, -0.15) is 22.0 Å². The van der Waals surface area contributed by atoms with Crippen LogP contribution in [0.4, 0.5) is 48.3 Å². The molecule has 0 heterocycles. The molecule has 4 aromatic carbocycles. The lowest BCUT2D eigenvalue weighted by Gasteiger charge is -2.21. The third-order valence-corrected chi connectivity index (χ3v) is 6.05. The lowest BCUT2D eigenvalue weighted by molar-refractivity contribution is -0.189. The molecule has 0 N–H and O–H groups in total. The maximum atomic E-state index is 14.9. The summed E-state index contributed by atoms with van der Waals surface area (Å²) in [6.45, 7) is 3.60. The van der Waals surface area contributed by atoms with E-state index in [2.05, 4.69) is 4.74 Å². The smallest absolute Gasteiger partial charge is 0.429 e. The van der Waals surface area contributed by atoms with Gasteiger partial charge in [-0.15, -0.1) is 0 Å². The lowest BCUT2D eigenvalue weighted by atomic mass is 9.96. The molecule has 1 nitrogen and oxygen atoms in total. The summed E-state index contributed by atoms with van der Waals surface area (Å²) in [6, 6.07) is 6.62. The zero-order valence-electron chi connectivity index (χ0n) is 20.3. The number of ether oxygens (including phenoxy) is 1. The normalized spacial score (nSPS) is 12.1.